The van der Waals surface area contributed by atoms with Gasteiger partial charge in [-0.3, -0.25) is 0 Å². The molecule has 0 aliphatic heterocycles. The van der Waals surface area contributed by atoms with Crippen molar-refractivity contribution < 1.29 is 0 Å². The van der Waals surface area contributed by atoms with Gasteiger partial charge in [0.2, 0.25) is 0 Å². The second kappa shape index (κ2) is 4.22. The van der Waals surface area contributed by atoms with Crippen LogP contribution in [0.25, 0.3) is 0 Å². The molecule has 0 aromatic carbocycles. The largest absolute Gasteiger partial charge is 0.367 e. The number of nitrogens with zero attached hydrogens (tertiary/aromatic N) is 1. The lowest BCUT2D eigenvalue weighted by Crippen LogP contribution is -2.16. The van der Waals surface area contributed by atoms with E-state index in [0.717, 1.165) is 22.9 Å². The molecule has 0 spiro atoms. The highest BCUT2D eigenvalue weighted by atomic mass is 35.5. The van der Waals surface area contributed by atoms with Crippen LogP contribution >= 0.6 is 11.6 Å². The molecule has 3 nitrogen and oxygen atoms in total. The first-order valence-electron chi connectivity index (χ1n) is 5.95. The summed E-state index contributed by atoms with van der Waals surface area (Å²) in [6.07, 6.45) is 6.88. The maximum atomic E-state index is 6.12. The molecular weight excluding hydrogens is 222 g/mol. The molecule has 0 radical (unpaired) electrons. The van der Waals surface area contributed by atoms with Gasteiger partial charge in [-0.25, -0.2) is 4.98 Å². The summed E-state index contributed by atoms with van der Waals surface area (Å²) in [5.41, 5.74) is 1.15. The van der Waals surface area contributed by atoms with Crippen LogP contribution in [0, 0.1) is 0 Å². The second-order valence-corrected chi connectivity index (χ2v) is 5.14. The summed E-state index contributed by atoms with van der Waals surface area (Å²) in [7, 11) is 0. The van der Waals surface area contributed by atoms with Gasteiger partial charge >= 0.3 is 0 Å². The van der Waals surface area contributed by atoms with Crippen LogP contribution in [0.4, 0.5) is 5.82 Å². The topological polar surface area (TPSA) is 37.0 Å². The Bertz CT molecular complexity index is 386. The van der Waals surface area contributed by atoms with Crippen molar-refractivity contribution in [2.24, 2.45) is 0 Å². The highest BCUT2D eigenvalue weighted by molar-refractivity contribution is 6.31. The Morgan fingerprint density at radius 1 is 1.25 bits per heavy atom. The van der Waals surface area contributed by atoms with Gasteiger partial charge in [0.15, 0.2) is 0 Å². The molecule has 0 saturated heterocycles. The third kappa shape index (κ3) is 2.66. The maximum Gasteiger partial charge on any atom is 0.126 e. The van der Waals surface area contributed by atoms with Crippen LogP contribution < -0.4 is 10.6 Å². The Morgan fingerprint density at radius 2 is 2.00 bits per heavy atom. The van der Waals surface area contributed by atoms with Crippen molar-refractivity contribution in [1.29, 1.82) is 0 Å². The van der Waals surface area contributed by atoms with Gasteiger partial charge in [0.25, 0.3) is 0 Å². The molecule has 2 saturated carbocycles. The van der Waals surface area contributed by atoms with Gasteiger partial charge in [-0.1, -0.05) is 11.6 Å². The number of hydrogen-bond donors (Lipinski definition) is 2. The Balaban J connectivity index is 1.67. The fourth-order valence-corrected chi connectivity index (χ4v) is 1.84. The van der Waals surface area contributed by atoms with E-state index in [1.54, 1.807) is 6.20 Å². The van der Waals surface area contributed by atoms with E-state index in [1.807, 2.05) is 0 Å². The van der Waals surface area contributed by atoms with Gasteiger partial charge in [0.05, 0.1) is 5.02 Å². The molecule has 1 aromatic heterocycles. The minimum Gasteiger partial charge on any atom is -0.367 e. The number of aromatic nitrogens is 1. The van der Waals surface area contributed by atoms with Crippen molar-refractivity contribution in [2.75, 3.05) is 5.32 Å². The molecule has 16 heavy (non-hydrogen) atoms. The van der Waals surface area contributed by atoms with Gasteiger partial charge in [-0.05, 0) is 37.3 Å². The predicted octanol–water partition coefficient (Wildman–Crippen LogP) is 2.56. The molecule has 2 fully saturated rings. The highest BCUT2D eigenvalue weighted by Gasteiger charge is 2.22. The molecule has 2 aliphatic carbocycles. The van der Waals surface area contributed by atoms with Crippen LogP contribution in [0.5, 0.6) is 0 Å². The first-order chi connectivity index (χ1) is 7.81. The lowest BCUT2D eigenvalue weighted by molar-refractivity contribution is 0.687. The van der Waals surface area contributed by atoms with Crippen molar-refractivity contribution in [2.45, 2.75) is 44.3 Å². The van der Waals surface area contributed by atoms with Crippen molar-refractivity contribution in [3.63, 3.8) is 0 Å². The van der Waals surface area contributed by atoms with E-state index in [2.05, 4.69) is 21.7 Å². The fraction of sp³-hybridized carbons (Fsp3) is 0.583. The Kier molecular flexibility index (Phi) is 2.74. The summed E-state index contributed by atoms with van der Waals surface area (Å²) in [6, 6.07) is 3.41. The van der Waals surface area contributed by atoms with E-state index < -0.39 is 0 Å². The Morgan fingerprint density at radius 3 is 2.69 bits per heavy atom. The number of nitrogens with one attached hydrogen (secondary N) is 2. The van der Waals surface area contributed by atoms with E-state index in [1.165, 1.54) is 25.7 Å². The van der Waals surface area contributed by atoms with Crippen molar-refractivity contribution >= 4 is 17.4 Å². The van der Waals surface area contributed by atoms with E-state index in [4.69, 9.17) is 11.6 Å². The smallest absolute Gasteiger partial charge is 0.126 e. The number of rotatable bonds is 5. The molecule has 86 valence electrons. The van der Waals surface area contributed by atoms with Crippen LogP contribution in [0.15, 0.2) is 12.3 Å². The van der Waals surface area contributed by atoms with Crippen LogP contribution in [0.2, 0.25) is 5.02 Å². The molecule has 4 heteroatoms. The number of anilines is 1. The maximum absolute atomic E-state index is 6.12. The molecule has 0 amide bonds. The first kappa shape index (κ1) is 10.4. The van der Waals surface area contributed by atoms with Crippen molar-refractivity contribution in [3.05, 3.63) is 22.8 Å². The van der Waals surface area contributed by atoms with Gasteiger partial charge in [-0.2, -0.15) is 0 Å². The molecule has 0 bridgehead atoms. The van der Waals surface area contributed by atoms with Crippen molar-refractivity contribution in [3.8, 4) is 0 Å². The van der Waals surface area contributed by atoms with Gasteiger partial charge < -0.3 is 10.6 Å². The van der Waals surface area contributed by atoms with Crippen LogP contribution in [0.3, 0.4) is 0 Å². The number of pyridine rings is 1. The van der Waals surface area contributed by atoms with Crippen LogP contribution in [-0.2, 0) is 6.54 Å². The predicted molar refractivity (Wildman–Crippen MR) is 65.8 cm³/mol. The van der Waals surface area contributed by atoms with Gasteiger partial charge in [-0.15, -0.1) is 0 Å². The minimum atomic E-state index is 0.637. The fourth-order valence-electron chi connectivity index (χ4n) is 1.67. The van der Waals surface area contributed by atoms with E-state index >= 15 is 0 Å². The molecule has 2 aliphatic rings. The van der Waals surface area contributed by atoms with E-state index in [9.17, 15) is 0 Å². The Labute approximate surface area is 101 Å². The molecule has 1 heterocycles. The zero-order valence-electron chi connectivity index (χ0n) is 9.17. The standard InChI is InChI=1S/C12H16ClN3/c13-11-7-15-12(16-10-3-4-10)5-8(11)6-14-9-1-2-9/h5,7,9-10,14H,1-4,6H2,(H,15,16). The SMILES string of the molecule is Clc1cnc(NC2CC2)cc1CNC1CC1. The molecule has 0 unspecified atom stereocenters. The summed E-state index contributed by atoms with van der Waals surface area (Å²) >= 11 is 6.12. The summed E-state index contributed by atoms with van der Waals surface area (Å²) < 4.78 is 0. The van der Waals surface area contributed by atoms with E-state index in [-0.39, 0.29) is 0 Å². The first-order valence-corrected chi connectivity index (χ1v) is 6.33. The second-order valence-electron chi connectivity index (χ2n) is 4.73. The van der Waals surface area contributed by atoms with Gasteiger partial charge in [0, 0.05) is 24.8 Å². The third-order valence-electron chi connectivity index (χ3n) is 3.02. The monoisotopic (exact) mass is 237 g/mol. The van der Waals surface area contributed by atoms with Crippen molar-refractivity contribution in [1.82, 2.24) is 10.3 Å². The lowest BCUT2D eigenvalue weighted by atomic mass is 10.2. The van der Waals surface area contributed by atoms with Gasteiger partial charge in [0.1, 0.15) is 5.82 Å². The molecular formula is C12H16ClN3. The molecule has 0 atom stereocenters. The normalized spacial score (nSPS) is 19.8. The summed E-state index contributed by atoms with van der Waals surface area (Å²) in [4.78, 5) is 4.29. The lowest BCUT2D eigenvalue weighted by Gasteiger charge is -2.09. The molecule has 2 N–H and O–H groups in total. The minimum absolute atomic E-state index is 0.637. The number of halogens is 1. The quantitative estimate of drug-likeness (QED) is 0.827. The highest BCUT2D eigenvalue weighted by Crippen LogP contribution is 2.26. The summed E-state index contributed by atoms with van der Waals surface area (Å²) in [5.74, 6) is 0.958. The summed E-state index contributed by atoms with van der Waals surface area (Å²) in [5, 5.41) is 7.62. The van der Waals surface area contributed by atoms with E-state index in [0.29, 0.717) is 12.1 Å². The van der Waals surface area contributed by atoms with Crippen LogP contribution in [0.1, 0.15) is 31.2 Å². The zero-order chi connectivity index (χ0) is 11.0. The number of hydrogen-bond acceptors (Lipinski definition) is 3. The average molecular weight is 238 g/mol. The molecule has 3 rings (SSSR count). The Hall–Kier alpha value is -0.800. The zero-order valence-corrected chi connectivity index (χ0v) is 9.93. The van der Waals surface area contributed by atoms with Crippen LogP contribution in [-0.4, -0.2) is 17.1 Å². The molecule has 1 aromatic rings. The summed E-state index contributed by atoms with van der Waals surface area (Å²) in [6.45, 7) is 0.853. The third-order valence-corrected chi connectivity index (χ3v) is 3.36. The average Bonchev–Trinajstić information content (AvgIpc) is 3.12.